The number of ether oxygens (including phenoxy) is 1. The quantitative estimate of drug-likeness (QED) is 0.924. The number of nitrogens with one attached hydrogen (secondary N) is 1. The smallest absolute Gasteiger partial charge is 0.179 e. The third kappa shape index (κ3) is 3.06. The molecule has 19 heavy (non-hydrogen) atoms. The summed E-state index contributed by atoms with van der Waals surface area (Å²) in [7, 11) is -2.11. The summed E-state index contributed by atoms with van der Waals surface area (Å²) in [6, 6.07) is 2.32. The highest BCUT2D eigenvalue weighted by atomic mass is 32.2. The minimum Gasteiger partial charge on any atom is -0.495 e. The van der Waals surface area contributed by atoms with E-state index in [1.165, 1.54) is 13.2 Å². The zero-order valence-corrected chi connectivity index (χ0v) is 11.9. The van der Waals surface area contributed by atoms with Gasteiger partial charge in [0, 0.05) is 17.9 Å². The first-order valence-corrected chi connectivity index (χ1v) is 8.13. The Hall–Kier alpha value is -1.14. The number of benzene rings is 1. The summed E-state index contributed by atoms with van der Waals surface area (Å²) in [4.78, 5) is -0.0858. The number of methoxy groups -OCH3 is 1. The summed E-state index contributed by atoms with van der Waals surface area (Å²) in [6.45, 7) is 0.846. The Morgan fingerprint density at radius 3 is 2.63 bits per heavy atom. The average Bonchev–Trinajstić information content (AvgIpc) is 2.37. The predicted molar refractivity (Wildman–Crippen MR) is 70.7 cm³/mol. The van der Waals surface area contributed by atoms with E-state index in [4.69, 9.17) is 4.74 Å². The molecule has 4 nitrogen and oxygen atoms in total. The molecule has 106 valence electrons. The van der Waals surface area contributed by atoms with Crippen molar-refractivity contribution in [2.45, 2.75) is 30.2 Å². The van der Waals surface area contributed by atoms with Crippen LogP contribution in [0.25, 0.3) is 0 Å². The largest absolute Gasteiger partial charge is 0.495 e. The topological polar surface area (TPSA) is 55.4 Å². The van der Waals surface area contributed by atoms with Crippen molar-refractivity contribution >= 4 is 9.84 Å². The van der Waals surface area contributed by atoms with E-state index in [2.05, 4.69) is 5.32 Å². The average molecular weight is 287 g/mol. The molecule has 1 aromatic rings. The molecule has 2 rings (SSSR count). The van der Waals surface area contributed by atoms with Crippen molar-refractivity contribution in [3.8, 4) is 5.75 Å². The first-order chi connectivity index (χ1) is 8.93. The van der Waals surface area contributed by atoms with Gasteiger partial charge in [0.1, 0.15) is 16.5 Å². The second-order valence-electron chi connectivity index (χ2n) is 4.80. The summed E-state index contributed by atoms with van der Waals surface area (Å²) in [5, 5.41) is 3.27. The monoisotopic (exact) mass is 287 g/mol. The molecule has 1 saturated heterocycles. The normalized spacial score (nSPS) is 20.3. The Morgan fingerprint density at radius 1 is 1.37 bits per heavy atom. The van der Waals surface area contributed by atoms with Crippen LogP contribution in [-0.4, -0.2) is 28.3 Å². The van der Waals surface area contributed by atoms with Crippen molar-refractivity contribution in [1.29, 1.82) is 0 Å². The van der Waals surface area contributed by atoms with E-state index in [0.29, 0.717) is 5.56 Å². The summed E-state index contributed by atoms with van der Waals surface area (Å²) >= 11 is 0. The van der Waals surface area contributed by atoms with Crippen LogP contribution in [0, 0.1) is 5.82 Å². The van der Waals surface area contributed by atoms with Gasteiger partial charge in [-0.2, -0.15) is 0 Å². The lowest BCUT2D eigenvalue weighted by molar-refractivity contribution is 0.363. The van der Waals surface area contributed by atoms with Crippen LogP contribution in [0.4, 0.5) is 4.39 Å². The van der Waals surface area contributed by atoms with Gasteiger partial charge < -0.3 is 10.1 Å². The highest BCUT2D eigenvalue weighted by Crippen LogP contribution is 2.36. The predicted octanol–water partition coefficient (Wildman–Crippen LogP) is 2.05. The molecule has 1 aliphatic rings. The van der Waals surface area contributed by atoms with Gasteiger partial charge >= 0.3 is 0 Å². The number of hydrogen-bond acceptors (Lipinski definition) is 4. The highest BCUT2D eigenvalue weighted by Gasteiger charge is 2.25. The van der Waals surface area contributed by atoms with Gasteiger partial charge in [0.2, 0.25) is 0 Å². The van der Waals surface area contributed by atoms with Crippen LogP contribution < -0.4 is 10.1 Å². The van der Waals surface area contributed by atoms with E-state index in [1.807, 2.05) is 0 Å². The molecule has 1 heterocycles. The van der Waals surface area contributed by atoms with Gasteiger partial charge in [-0.1, -0.05) is 6.42 Å². The van der Waals surface area contributed by atoms with Gasteiger partial charge in [-0.3, -0.25) is 0 Å². The standard InChI is InChI=1S/C13H18FNO3S/c1-18-13-10(11-5-3-4-6-15-11)7-9(14)8-12(13)19(2,16)17/h7-8,11,15H,3-6H2,1-2H3. The van der Waals surface area contributed by atoms with E-state index in [0.717, 1.165) is 38.1 Å². The number of piperidine rings is 1. The molecule has 1 fully saturated rings. The van der Waals surface area contributed by atoms with Crippen molar-refractivity contribution in [3.05, 3.63) is 23.5 Å². The molecular weight excluding hydrogens is 269 g/mol. The van der Waals surface area contributed by atoms with Crippen molar-refractivity contribution in [3.63, 3.8) is 0 Å². The molecule has 0 spiro atoms. The van der Waals surface area contributed by atoms with Crippen molar-refractivity contribution in [2.75, 3.05) is 19.9 Å². The van der Waals surface area contributed by atoms with Crippen molar-refractivity contribution in [2.24, 2.45) is 0 Å². The van der Waals surface area contributed by atoms with Crippen LogP contribution in [0.1, 0.15) is 30.9 Å². The maximum absolute atomic E-state index is 13.7. The van der Waals surface area contributed by atoms with Gasteiger partial charge in [-0.25, -0.2) is 12.8 Å². The molecule has 0 radical (unpaired) electrons. The molecule has 0 bridgehead atoms. The van der Waals surface area contributed by atoms with Gasteiger partial charge in [-0.15, -0.1) is 0 Å². The van der Waals surface area contributed by atoms with Crippen LogP contribution in [0.15, 0.2) is 17.0 Å². The SMILES string of the molecule is COc1c(C2CCCCN2)cc(F)cc1S(C)(=O)=O. The molecule has 0 aromatic heterocycles. The van der Waals surface area contributed by atoms with E-state index in [1.54, 1.807) is 0 Å². The summed E-state index contributed by atoms with van der Waals surface area (Å²) in [5.41, 5.74) is 0.586. The van der Waals surface area contributed by atoms with Gasteiger partial charge in [0.05, 0.1) is 7.11 Å². The zero-order valence-electron chi connectivity index (χ0n) is 11.1. The number of halogens is 1. The Morgan fingerprint density at radius 2 is 2.11 bits per heavy atom. The summed E-state index contributed by atoms with van der Waals surface area (Å²) in [5.74, 6) is -0.299. The first kappa shape index (κ1) is 14.3. The van der Waals surface area contributed by atoms with E-state index < -0.39 is 15.7 Å². The molecule has 0 amide bonds. The van der Waals surface area contributed by atoms with Gasteiger partial charge in [-0.05, 0) is 31.5 Å². The molecular formula is C13H18FNO3S. The van der Waals surface area contributed by atoms with Gasteiger partial charge in [0.15, 0.2) is 9.84 Å². The Kier molecular flexibility index (Phi) is 4.10. The molecule has 1 aliphatic heterocycles. The molecule has 1 atom stereocenters. The fourth-order valence-corrected chi connectivity index (χ4v) is 3.32. The van der Waals surface area contributed by atoms with Crippen LogP contribution in [-0.2, 0) is 9.84 Å². The van der Waals surface area contributed by atoms with Crippen molar-refractivity contribution in [1.82, 2.24) is 5.32 Å². The summed E-state index contributed by atoms with van der Waals surface area (Å²) < 4.78 is 42.4. The fourth-order valence-electron chi connectivity index (χ4n) is 2.46. The molecule has 0 aliphatic carbocycles. The maximum atomic E-state index is 13.7. The molecule has 1 unspecified atom stereocenters. The first-order valence-electron chi connectivity index (χ1n) is 6.24. The summed E-state index contributed by atoms with van der Waals surface area (Å²) in [6.07, 6.45) is 4.02. The number of sulfone groups is 1. The number of hydrogen-bond donors (Lipinski definition) is 1. The fraction of sp³-hybridized carbons (Fsp3) is 0.538. The zero-order chi connectivity index (χ0) is 14.0. The molecule has 0 saturated carbocycles. The Balaban J connectivity index is 2.56. The number of rotatable bonds is 3. The minimum absolute atomic E-state index is 0.0556. The minimum atomic E-state index is -3.52. The maximum Gasteiger partial charge on any atom is 0.179 e. The van der Waals surface area contributed by atoms with Crippen LogP contribution in [0.3, 0.4) is 0 Å². The second kappa shape index (κ2) is 5.46. The highest BCUT2D eigenvalue weighted by molar-refractivity contribution is 7.90. The van der Waals surface area contributed by atoms with Crippen LogP contribution in [0.5, 0.6) is 5.75 Å². The van der Waals surface area contributed by atoms with E-state index in [-0.39, 0.29) is 16.7 Å². The van der Waals surface area contributed by atoms with E-state index in [9.17, 15) is 12.8 Å². The van der Waals surface area contributed by atoms with E-state index >= 15 is 0 Å². The third-order valence-electron chi connectivity index (χ3n) is 3.34. The Bertz CT molecular complexity index is 565. The molecule has 6 heteroatoms. The molecule has 1 N–H and O–H groups in total. The lowest BCUT2D eigenvalue weighted by atomic mass is 9.96. The lowest BCUT2D eigenvalue weighted by Gasteiger charge is -2.26. The van der Waals surface area contributed by atoms with Crippen LogP contribution in [0.2, 0.25) is 0 Å². The van der Waals surface area contributed by atoms with Crippen LogP contribution >= 0.6 is 0 Å². The third-order valence-corrected chi connectivity index (χ3v) is 4.44. The second-order valence-corrected chi connectivity index (χ2v) is 6.79. The lowest BCUT2D eigenvalue weighted by Crippen LogP contribution is -2.27. The van der Waals surface area contributed by atoms with Crippen molar-refractivity contribution < 1.29 is 17.5 Å². The van der Waals surface area contributed by atoms with Gasteiger partial charge in [0.25, 0.3) is 0 Å². The molecule has 1 aromatic carbocycles. The Labute approximate surface area is 112 Å².